The van der Waals surface area contributed by atoms with Crippen LogP contribution in [0.2, 0.25) is 5.02 Å². The van der Waals surface area contributed by atoms with E-state index in [1.807, 2.05) is 20.8 Å². The third-order valence-corrected chi connectivity index (χ3v) is 2.21. The molecule has 0 heterocycles. The lowest BCUT2D eigenvalue weighted by molar-refractivity contribution is 0.101. The molecule has 1 rings (SSSR count). The highest BCUT2D eigenvalue weighted by atomic mass is 35.5. The average Bonchev–Trinajstić information content (AvgIpc) is 2.06. The van der Waals surface area contributed by atoms with Gasteiger partial charge in [-0.25, -0.2) is 0 Å². The molecule has 2 nitrogen and oxygen atoms in total. The average molecular weight is 226 g/mol. The molecule has 0 aliphatic heterocycles. The van der Waals surface area contributed by atoms with Gasteiger partial charge in [0.25, 0.3) is 0 Å². The quantitative estimate of drug-likeness (QED) is 0.777. The van der Waals surface area contributed by atoms with Gasteiger partial charge in [-0.05, 0) is 45.9 Å². The summed E-state index contributed by atoms with van der Waals surface area (Å²) in [5.41, 5.74) is 1.40. The Bertz CT molecular complexity index is 380. The monoisotopic (exact) mass is 225 g/mol. The third-order valence-electron chi connectivity index (χ3n) is 1.88. The second-order valence-corrected chi connectivity index (χ2v) is 5.03. The van der Waals surface area contributed by atoms with Gasteiger partial charge in [0.2, 0.25) is 0 Å². The van der Waals surface area contributed by atoms with Crippen LogP contribution in [0.25, 0.3) is 0 Å². The van der Waals surface area contributed by atoms with Gasteiger partial charge < -0.3 is 5.32 Å². The Morgan fingerprint density at radius 2 is 1.93 bits per heavy atom. The van der Waals surface area contributed by atoms with Crippen molar-refractivity contribution < 1.29 is 4.79 Å². The molecule has 0 saturated heterocycles. The first-order valence-electron chi connectivity index (χ1n) is 4.88. The Morgan fingerprint density at radius 3 is 2.40 bits per heavy atom. The molecule has 0 aliphatic carbocycles. The summed E-state index contributed by atoms with van der Waals surface area (Å²) in [5.74, 6) is 0.0450. The van der Waals surface area contributed by atoms with E-state index in [4.69, 9.17) is 11.6 Å². The molecular weight excluding hydrogens is 210 g/mol. The Morgan fingerprint density at radius 1 is 1.33 bits per heavy atom. The fourth-order valence-corrected chi connectivity index (χ4v) is 1.41. The molecule has 0 saturated carbocycles. The number of benzene rings is 1. The molecule has 15 heavy (non-hydrogen) atoms. The number of Topliss-reactive ketones (excluding diaryl/α,β-unsaturated/α-hetero) is 1. The van der Waals surface area contributed by atoms with E-state index >= 15 is 0 Å². The van der Waals surface area contributed by atoms with Crippen molar-refractivity contribution in [2.24, 2.45) is 0 Å². The summed E-state index contributed by atoms with van der Waals surface area (Å²) in [6.45, 7) is 7.68. The highest BCUT2D eigenvalue weighted by Gasteiger charge is 2.12. The number of ketones is 1. The topological polar surface area (TPSA) is 29.1 Å². The van der Waals surface area contributed by atoms with Gasteiger partial charge in [0.1, 0.15) is 0 Å². The number of hydrogen-bond donors (Lipinski definition) is 1. The maximum Gasteiger partial charge on any atom is 0.159 e. The minimum Gasteiger partial charge on any atom is -0.379 e. The summed E-state index contributed by atoms with van der Waals surface area (Å²) in [6, 6.07) is 5.26. The predicted molar refractivity (Wildman–Crippen MR) is 64.8 cm³/mol. The minimum absolute atomic E-state index is 0.0450. The van der Waals surface area contributed by atoms with Gasteiger partial charge in [0, 0.05) is 11.1 Å². The molecule has 0 spiro atoms. The second kappa shape index (κ2) is 4.23. The first-order chi connectivity index (χ1) is 6.79. The van der Waals surface area contributed by atoms with E-state index in [1.54, 1.807) is 25.1 Å². The van der Waals surface area contributed by atoms with E-state index in [-0.39, 0.29) is 11.3 Å². The fourth-order valence-electron chi connectivity index (χ4n) is 1.24. The van der Waals surface area contributed by atoms with Crippen molar-refractivity contribution in [3.63, 3.8) is 0 Å². The van der Waals surface area contributed by atoms with Crippen molar-refractivity contribution in [1.82, 2.24) is 0 Å². The van der Waals surface area contributed by atoms with Crippen molar-refractivity contribution in [3.05, 3.63) is 28.8 Å². The molecule has 3 heteroatoms. The smallest absolute Gasteiger partial charge is 0.159 e. The van der Waals surface area contributed by atoms with Crippen molar-refractivity contribution in [1.29, 1.82) is 0 Å². The zero-order valence-corrected chi connectivity index (χ0v) is 10.3. The maximum atomic E-state index is 11.2. The molecule has 0 amide bonds. The van der Waals surface area contributed by atoms with Gasteiger partial charge in [-0.15, -0.1) is 0 Å². The van der Waals surface area contributed by atoms with Crippen molar-refractivity contribution in [2.75, 3.05) is 5.32 Å². The maximum absolute atomic E-state index is 11.2. The molecule has 0 fully saturated rings. The first kappa shape index (κ1) is 12.1. The lowest BCUT2D eigenvalue weighted by Crippen LogP contribution is -2.26. The molecule has 0 bridgehead atoms. The van der Waals surface area contributed by atoms with Gasteiger partial charge in [-0.2, -0.15) is 0 Å². The van der Waals surface area contributed by atoms with Crippen LogP contribution >= 0.6 is 11.6 Å². The van der Waals surface area contributed by atoms with Crippen LogP contribution in [0.4, 0.5) is 5.69 Å². The number of anilines is 1. The summed E-state index contributed by atoms with van der Waals surface area (Å²) in [6.07, 6.45) is 0. The second-order valence-electron chi connectivity index (χ2n) is 4.63. The number of carbonyl (C=O) groups excluding carboxylic acids is 1. The van der Waals surface area contributed by atoms with E-state index in [0.717, 1.165) is 5.69 Å². The lowest BCUT2D eigenvalue weighted by Gasteiger charge is -2.23. The molecule has 0 radical (unpaired) electrons. The minimum atomic E-state index is -0.0704. The predicted octanol–water partition coefficient (Wildman–Crippen LogP) is 3.75. The molecule has 0 unspecified atom stereocenters. The normalized spacial score (nSPS) is 11.3. The Balaban J connectivity index is 3.06. The van der Waals surface area contributed by atoms with E-state index in [1.165, 1.54) is 0 Å². The number of halogens is 1. The van der Waals surface area contributed by atoms with E-state index in [0.29, 0.717) is 10.6 Å². The molecule has 1 N–H and O–H groups in total. The highest BCUT2D eigenvalue weighted by Crippen LogP contribution is 2.26. The van der Waals surface area contributed by atoms with Crippen LogP contribution in [0.3, 0.4) is 0 Å². The molecule has 82 valence electrons. The third kappa shape index (κ3) is 3.56. The van der Waals surface area contributed by atoms with Gasteiger partial charge in [-0.1, -0.05) is 11.6 Å². The van der Waals surface area contributed by atoms with Crippen LogP contribution in [0, 0.1) is 0 Å². The van der Waals surface area contributed by atoms with Crippen LogP contribution in [0.15, 0.2) is 18.2 Å². The van der Waals surface area contributed by atoms with Crippen molar-refractivity contribution >= 4 is 23.1 Å². The molecular formula is C12H16ClNO. The van der Waals surface area contributed by atoms with Gasteiger partial charge >= 0.3 is 0 Å². The Hall–Kier alpha value is -1.02. The van der Waals surface area contributed by atoms with Crippen molar-refractivity contribution in [3.8, 4) is 0 Å². The highest BCUT2D eigenvalue weighted by molar-refractivity contribution is 6.33. The first-order valence-corrected chi connectivity index (χ1v) is 5.26. The molecule has 1 aromatic rings. The van der Waals surface area contributed by atoms with Gasteiger partial charge in [0.05, 0.1) is 10.7 Å². The van der Waals surface area contributed by atoms with Crippen LogP contribution in [-0.4, -0.2) is 11.3 Å². The summed E-state index contributed by atoms with van der Waals surface area (Å²) in [4.78, 5) is 11.2. The van der Waals surface area contributed by atoms with Gasteiger partial charge in [0.15, 0.2) is 5.78 Å². The van der Waals surface area contributed by atoms with E-state index in [9.17, 15) is 4.79 Å². The van der Waals surface area contributed by atoms with Crippen molar-refractivity contribution in [2.45, 2.75) is 33.2 Å². The Kier molecular flexibility index (Phi) is 3.40. The number of hydrogen-bond acceptors (Lipinski definition) is 2. The summed E-state index contributed by atoms with van der Waals surface area (Å²) in [7, 11) is 0. The standard InChI is InChI=1S/C12H16ClNO/c1-8(15)9-5-6-10(13)11(7-9)14-12(2,3)4/h5-7,14H,1-4H3. The lowest BCUT2D eigenvalue weighted by atomic mass is 10.1. The molecule has 0 aliphatic rings. The summed E-state index contributed by atoms with van der Waals surface area (Å²) >= 11 is 6.03. The summed E-state index contributed by atoms with van der Waals surface area (Å²) < 4.78 is 0. The fraction of sp³-hybridized carbons (Fsp3) is 0.417. The number of rotatable bonds is 2. The van der Waals surface area contributed by atoms with Gasteiger partial charge in [-0.3, -0.25) is 4.79 Å². The van der Waals surface area contributed by atoms with Crippen LogP contribution in [-0.2, 0) is 0 Å². The molecule has 0 aromatic heterocycles. The number of carbonyl (C=O) groups is 1. The van der Waals surface area contributed by atoms with E-state index in [2.05, 4.69) is 5.32 Å². The van der Waals surface area contributed by atoms with Crippen LogP contribution < -0.4 is 5.32 Å². The Labute approximate surface area is 95.6 Å². The van der Waals surface area contributed by atoms with E-state index < -0.39 is 0 Å². The SMILES string of the molecule is CC(=O)c1ccc(Cl)c(NC(C)(C)C)c1. The van der Waals surface area contributed by atoms with Crippen LogP contribution in [0.5, 0.6) is 0 Å². The number of nitrogens with one attached hydrogen (secondary N) is 1. The van der Waals surface area contributed by atoms with Crippen LogP contribution in [0.1, 0.15) is 38.1 Å². The molecule has 0 atom stereocenters. The largest absolute Gasteiger partial charge is 0.379 e. The summed E-state index contributed by atoms with van der Waals surface area (Å²) in [5, 5.41) is 3.89. The molecule has 1 aromatic carbocycles. The zero-order valence-electron chi connectivity index (χ0n) is 9.52. The zero-order chi connectivity index (χ0) is 11.6.